The SMILES string of the molecule is O=C(Nc1nc2ccccc2s1)c1cc2ccccn2n1. The van der Waals surface area contributed by atoms with Crippen molar-refractivity contribution < 1.29 is 4.79 Å². The van der Waals surface area contributed by atoms with E-state index in [0.29, 0.717) is 10.8 Å². The number of fused-ring (bicyclic) bond motifs is 2. The zero-order valence-electron chi connectivity index (χ0n) is 10.9. The van der Waals surface area contributed by atoms with E-state index in [0.717, 1.165) is 15.7 Å². The summed E-state index contributed by atoms with van der Waals surface area (Å²) in [5.41, 5.74) is 2.14. The van der Waals surface area contributed by atoms with E-state index >= 15 is 0 Å². The van der Waals surface area contributed by atoms with E-state index in [1.165, 1.54) is 11.3 Å². The Kier molecular flexibility index (Phi) is 2.68. The maximum atomic E-state index is 12.2. The molecule has 0 atom stereocenters. The number of nitrogens with one attached hydrogen (secondary N) is 1. The van der Waals surface area contributed by atoms with Crippen LogP contribution in [0, 0.1) is 0 Å². The van der Waals surface area contributed by atoms with E-state index in [2.05, 4.69) is 15.4 Å². The highest BCUT2D eigenvalue weighted by Crippen LogP contribution is 2.25. The first kappa shape index (κ1) is 12.0. The van der Waals surface area contributed by atoms with Gasteiger partial charge in [0.2, 0.25) is 0 Å². The molecule has 0 unspecified atom stereocenters. The van der Waals surface area contributed by atoms with Gasteiger partial charge >= 0.3 is 0 Å². The molecule has 0 aliphatic carbocycles. The lowest BCUT2D eigenvalue weighted by molar-refractivity contribution is 0.102. The fourth-order valence-electron chi connectivity index (χ4n) is 2.14. The van der Waals surface area contributed by atoms with E-state index in [9.17, 15) is 4.79 Å². The number of amides is 1. The van der Waals surface area contributed by atoms with Crippen molar-refractivity contribution in [1.29, 1.82) is 0 Å². The van der Waals surface area contributed by atoms with Crippen LogP contribution in [0.2, 0.25) is 0 Å². The second kappa shape index (κ2) is 4.68. The van der Waals surface area contributed by atoms with Crippen molar-refractivity contribution in [2.45, 2.75) is 0 Å². The number of benzene rings is 1. The Morgan fingerprint density at radius 3 is 2.86 bits per heavy atom. The minimum atomic E-state index is -0.252. The number of carbonyl (C=O) groups is 1. The topological polar surface area (TPSA) is 59.3 Å². The highest BCUT2D eigenvalue weighted by Gasteiger charge is 2.13. The molecule has 21 heavy (non-hydrogen) atoms. The van der Waals surface area contributed by atoms with Gasteiger partial charge in [0.15, 0.2) is 10.8 Å². The number of aromatic nitrogens is 3. The Morgan fingerprint density at radius 1 is 1.14 bits per heavy atom. The van der Waals surface area contributed by atoms with Gasteiger partial charge in [-0.05, 0) is 30.3 Å². The molecule has 0 fully saturated rings. The molecular formula is C15H10N4OS. The lowest BCUT2D eigenvalue weighted by atomic mass is 10.3. The molecule has 0 bridgehead atoms. The normalized spacial score (nSPS) is 11.0. The number of thiazole rings is 1. The second-order valence-electron chi connectivity index (χ2n) is 4.54. The summed E-state index contributed by atoms with van der Waals surface area (Å²) in [6, 6.07) is 15.2. The first-order chi connectivity index (χ1) is 10.3. The molecule has 3 aromatic heterocycles. The van der Waals surface area contributed by atoms with Gasteiger partial charge in [-0.2, -0.15) is 5.10 Å². The number of para-hydroxylation sites is 1. The number of hydrogen-bond acceptors (Lipinski definition) is 4. The Balaban J connectivity index is 1.65. The van der Waals surface area contributed by atoms with Crippen LogP contribution in [0.4, 0.5) is 5.13 Å². The average molecular weight is 294 g/mol. The predicted molar refractivity (Wildman–Crippen MR) is 82.8 cm³/mol. The van der Waals surface area contributed by atoms with E-state index in [-0.39, 0.29) is 5.91 Å². The molecule has 0 radical (unpaired) electrons. The number of hydrogen-bond donors (Lipinski definition) is 1. The van der Waals surface area contributed by atoms with Crippen LogP contribution in [0.1, 0.15) is 10.5 Å². The van der Waals surface area contributed by atoms with Crippen molar-refractivity contribution in [1.82, 2.24) is 14.6 Å². The predicted octanol–water partition coefficient (Wildman–Crippen LogP) is 3.20. The van der Waals surface area contributed by atoms with Gasteiger partial charge in [0.1, 0.15) is 0 Å². The minimum absolute atomic E-state index is 0.252. The van der Waals surface area contributed by atoms with Crippen LogP contribution in [0.25, 0.3) is 15.7 Å². The molecule has 5 nitrogen and oxygen atoms in total. The summed E-state index contributed by atoms with van der Waals surface area (Å²) >= 11 is 1.45. The number of pyridine rings is 1. The van der Waals surface area contributed by atoms with Gasteiger partial charge in [-0.3, -0.25) is 10.1 Å². The Morgan fingerprint density at radius 2 is 2.00 bits per heavy atom. The largest absolute Gasteiger partial charge is 0.296 e. The standard InChI is InChI=1S/C15H10N4OS/c20-14(12-9-10-5-3-4-8-19(10)18-12)17-15-16-11-6-1-2-7-13(11)21-15/h1-9H,(H,16,17,20). The molecule has 0 aliphatic rings. The summed E-state index contributed by atoms with van der Waals surface area (Å²) in [5, 5.41) is 7.63. The summed E-state index contributed by atoms with van der Waals surface area (Å²) < 4.78 is 2.72. The van der Waals surface area contributed by atoms with Crippen molar-refractivity contribution in [3.05, 3.63) is 60.4 Å². The van der Waals surface area contributed by atoms with Crippen molar-refractivity contribution in [2.24, 2.45) is 0 Å². The molecule has 1 amide bonds. The third-order valence-electron chi connectivity index (χ3n) is 3.12. The van der Waals surface area contributed by atoms with E-state index in [1.54, 1.807) is 10.6 Å². The average Bonchev–Trinajstić information content (AvgIpc) is 3.10. The number of nitrogens with zero attached hydrogens (tertiary/aromatic N) is 3. The number of rotatable bonds is 2. The molecule has 0 saturated carbocycles. The highest BCUT2D eigenvalue weighted by atomic mass is 32.1. The van der Waals surface area contributed by atoms with Gasteiger partial charge < -0.3 is 0 Å². The molecule has 1 aromatic carbocycles. The third kappa shape index (κ3) is 2.15. The fourth-order valence-corrected chi connectivity index (χ4v) is 3.00. The first-order valence-corrected chi connectivity index (χ1v) is 7.22. The first-order valence-electron chi connectivity index (χ1n) is 6.41. The van der Waals surface area contributed by atoms with Crippen molar-refractivity contribution in [3.8, 4) is 0 Å². The fraction of sp³-hybridized carbons (Fsp3) is 0. The zero-order chi connectivity index (χ0) is 14.2. The lowest BCUT2D eigenvalue weighted by Gasteiger charge is -1.96. The second-order valence-corrected chi connectivity index (χ2v) is 5.57. The Bertz CT molecular complexity index is 890. The van der Waals surface area contributed by atoms with Crippen LogP contribution < -0.4 is 5.32 Å². The van der Waals surface area contributed by atoms with Gasteiger partial charge in [-0.25, -0.2) is 9.50 Å². The van der Waals surface area contributed by atoms with E-state index in [1.807, 2.05) is 48.7 Å². The quantitative estimate of drug-likeness (QED) is 0.617. The summed E-state index contributed by atoms with van der Waals surface area (Å²) in [4.78, 5) is 16.6. The van der Waals surface area contributed by atoms with Crippen LogP contribution in [0.5, 0.6) is 0 Å². The molecule has 4 aromatic rings. The summed E-state index contributed by atoms with van der Waals surface area (Å²) in [5.74, 6) is -0.252. The summed E-state index contributed by atoms with van der Waals surface area (Å²) in [6.45, 7) is 0. The van der Waals surface area contributed by atoms with Gasteiger partial charge in [0.25, 0.3) is 5.91 Å². The molecule has 3 heterocycles. The van der Waals surface area contributed by atoms with E-state index < -0.39 is 0 Å². The maximum Gasteiger partial charge on any atom is 0.277 e. The molecule has 0 aliphatic heterocycles. The van der Waals surface area contributed by atoms with Gasteiger partial charge in [-0.15, -0.1) is 0 Å². The highest BCUT2D eigenvalue weighted by molar-refractivity contribution is 7.22. The summed E-state index contributed by atoms with van der Waals surface area (Å²) in [7, 11) is 0. The third-order valence-corrected chi connectivity index (χ3v) is 4.07. The van der Waals surface area contributed by atoms with Gasteiger partial charge in [-0.1, -0.05) is 29.5 Å². The monoisotopic (exact) mass is 294 g/mol. The Hall–Kier alpha value is -2.73. The lowest BCUT2D eigenvalue weighted by Crippen LogP contribution is -2.12. The van der Waals surface area contributed by atoms with Crippen molar-refractivity contribution >= 4 is 38.1 Å². The van der Waals surface area contributed by atoms with E-state index in [4.69, 9.17) is 0 Å². The van der Waals surface area contributed by atoms with Crippen LogP contribution in [-0.2, 0) is 0 Å². The molecule has 102 valence electrons. The molecule has 1 N–H and O–H groups in total. The van der Waals surface area contributed by atoms with Crippen molar-refractivity contribution in [2.75, 3.05) is 5.32 Å². The van der Waals surface area contributed by atoms with Crippen LogP contribution >= 0.6 is 11.3 Å². The Labute approximate surface area is 123 Å². The number of anilines is 1. The molecule has 0 saturated heterocycles. The molecule has 6 heteroatoms. The maximum absolute atomic E-state index is 12.2. The summed E-state index contributed by atoms with van der Waals surface area (Å²) in [6.07, 6.45) is 1.81. The molecular weight excluding hydrogens is 284 g/mol. The zero-order valence-corrected chi connectivity index (χ0v) is 11.7. The number of carbonyl (C=O) groups excluding carboxylic acids is 1. The smallest absolute Gasteiger partial charge is 0.277 e. The molecule has 0 spiro atoms. The van der Waals surface area contributed by atoms with Crippen molar-refractivity contribution in [3.63, 3.8) is 0 Å². The van der Waals surface area contributed by atoms with Gasteiger partial charge in [0, 0.05) is 6.20 Å². The molecule has 4 rings (SSSR count). The van der Waals surface area contributed by atoms with Crippen LogP contribution in [0.3, 0.4) is 0 Å². The minimum Gasteiger partial charge on any atom is -0.296 e. The van der Waals surface area contributed by atoms with Gasteiger partial charge in [0.05, 0.1) is 15.7 Å². The van der Waals surface area contributed by atoms with Crippen LogP contribution in [0.15, 0.2) is 54.7 Å². The van der Waals surface area contributed by atoms with Crippen LogP contribution in [-0.4, -0.2) is 20.5 Å².